The molecule has 0 aliphatic heterocycles. The van der Waals surface area contributed by atoms with Gasteiger partial charge in [0.15, 0.2) is 0 Å². The molecular formula is C10H15NS. The van der Waals surface area contributed by atoms with Crippen molar-refractivity contribution in [2.24, 2.45) is 5.92 Å². The Morgan fingerprint density at radius 1 is 1.58 bits per heavy atom. The largest absolute Gasteiger partial charge is 0.249 e. The third-order valence-electron chi connectivity index (χ3n) is 2.74. The topological polar surface area (TPSA) is 12.9 Å². The molecule has 0 radical (unpaired) electrons. The monoisotopic (exact) mass is 181 g/mol. The van der Waals surface area contributed by atoms with Gasteiger partial charge in [0.05, 0.1) is 11.2 Å². The molecule has 66 valence electrons. The Morgan fingerprint density at radius 3 is 3.17 bits per heavy atom. The Kier molecular flexibility index (Phi) is 2.18. The summed E-state index contributed by atoms with van der Waals surface area (Å²) < 4.78 is 0. The summed E-state index contributed by atoms with van der Waals surface area (Å²) in [7, 11) is 0. The van der Waals surface area contributed by atoms with Crippen LogP contribution in [0.2, 0.25) is 0 Å². The van der Waals surface area contributed by atoms with Crippen LogP contribution >= 0.6 is 11.3 Å². The fourth-order valence-corrected chi connectivity index (χ4v) is 3.17. The molecule has 0 spiro atoms. The molecular weight excluding hydrogens is 166 g/mol. The van der Waals surface area contributed by atoms with E-state index in [4.69, 9.17) is 0 Å². The molecule has 12 heavy (non-hydrogen) atoms. The lowest BCUT2D eigenvalue weighted by molar-refractivity contribution is 0.438. The second kappa shape index (κ2) is 3.17. The number of thiazole rings is 1. The van der Waals surface area contributed by atoms with E-state index in [2.05, 4.69) is 18.8 Å². The molecule has 0 bridgehead atoms. The van der Waals surface area contributed by atoms with E-state index < -0.39 is 0 Å². The lowest BCUT2D eigenvalue weighted by Crippen LogP contribution is -2.12. The zero-order chi connectivity index (χ0) is 8.55. The molecule has 1 aliphatic rings. The maximum atomic E-state index is 4.41. The van der Waals surface area contributed by atoms with Crippen LogP contribution in [-0.4, -0.2) is 4.98 Å². The normalized spacial score (nSPS) is 22.8. The molecule has 1 nitrogen and oxygen atoms in total. The molecule has 0 N–H and O–H groups in total. The number of nitrogens with zero attached hydrogens (tertiary/aromatic N) is 1. The standard InChI is InChI=1S/C10H15NS/c1-7(2)8-4-3-5-9-10(8)12-6-11-9/h6-8H,3-5H2,1-2H3/t8-/m0/s1. The van der Waals surface area contributed by atoms with E-state index in [0.717, 1.165) is 11.8 Å². The summed E-state index contributed by atoms with van der Waals surface area (Å²) in [4.78, 5) is 5.97. The summed E-state index contributed by atoms with van der Waals surface area (Å²) in [6.07, 6.45) is 3.91. The van der Waals surface area contributed by atoms with Crippen molar-refractivity contribution < 1.29 is 0 Å². The van der Waals surface area contributed by atoms with Crippen LogP contribution in [0.4, 0.5) is 0 Å². The highest BCUT2D eigenvalue weighted by molar-refractivity contribution is 7.09. The van der Waals surface area contributed by atoms with Crippen LogP contribution in [0.3, 0.4) is 0 Å². The second-order valence-electron chi connectivity index (χ2n) is 3.91. The average molecular weight is 181 g/mol. The van der Waals surface area contributed by atoms with Gasteiger partial charge in [0.25, 0.3) is 0 Å². The molecule has 0 unspecified atom stereocenters. The molecule has 1 atom stereocenters. The molecule has 2 heteroatoms. The van der Waals surface area contributed by atoms with Gasteiger partial charge >= 0.3 is 0 Å². The number of fused-ring (bicyclic) bond motifs is 1. The number of aryl methyl sites for hydroxylation is 1. The Bertz CT molecular complexity index is 265. The lowest BCUT2D eigenvalue weighted by atomic mass is 9.84. The highest BCUT2D eigenvalue weighted by Gasteiger charge is 2.24. The average Bonchev–Trinajstić information content (AvgIpc) is 2.49. The van der Waals surface area contributed by atoms with Crippen molar-refractivity contribution in [1.82, 2.24) is 4.98 Å². The Hall–Kier alpha value is -0.370. The SMILES string of the molecule is CC(C)[C@@H]1CCCc2ncsc21. The Morgan fingerprint density at radius 2 is 2.42 bits per heavy atom. The molecule has 1 aromatic heterocycles. The quantitative estimate of drug-likeness (QED) is 0.648. The van der Waals surface area contributed by atoms with Gasteiger partial charge in [-0.05, 0) is 31.1 Å². The fourth-order valence-electron chi connectivity index (χ4n) is 2.02. The zero-order valence-corrected chi connectivity index (χ0v) is 8.53. The maximum absolute atomic E-state index is 4.41. The highest BCUT2D eigenvalue weighted by Crippen LogP contribution is 2.38. The minimum atomic E-state index is 0.782. The van der Waals surface area contributed by atoms with Gasteiger partial charge in [-0.1, -0.05) is 13.8 Å². The molecule has 0 fully saturated rings. The van der Waals surface area contributed by atoms with E-state index >= 15 is 0 Å². The van der Waals surface area contributed by atoms with Gasteiger partial charge in [0, 0.05) is 4.88 Å². The number of hydrogen-bond donors (Lipinski definition) is 0. The molecule has 0 saturated heterocycles. The minimum Gasteiger partial charge on any atom is -0.249 e. The first kappa shape index (κ1) is 8.24. The molecule has 0 amide bonds. The fraction of sp³-hybridized carbons (Fsp3) is 0.700. The summed E-state index contributed by atoms with van der Waals surface area (Å²) in [5, 5.41) is 0. The third-order valence-corrected chi connectivity index (χ3v) is 3.75. The Balaban J connectivity index is 2.31. The van der Waals surface area contributed by atoms with Crippen molar-refractivity contribution in [3.63, 3.8) is 0 Å². The van der Waals surface area contributed by atoms with Gasteiger partial charge < -0.3 is 0 Å². The van der Waals surface area contributed by atoms with E-state index in [1.807, 2.05) is 16.8 Å². The first-order chi connectivity index (χ1) is 5.79. The van der Waals surface area contributed by atoms with Crippen molar-refractivity contribution in [1.29, 1.82) is 0 Å². The molecule has 0 saturated carbocycles. The third kappa shape index (κ3) is 1.28. The van der Waals surface area contributed by atoms with Gasteiger partial charge in [-0.3, -0.25) is 0 Å². The van der Waals surface area contributed by atoms with Crippen molar-refractivity contribution >= 4 is 11.3 Å². The Labute approximate surface area is 77.8 Å². The van der Waals surface area contributed by atoms with Gasteiger partial charge in [0.1, 0.15) is 0 Å². The van der Waals surface area contributed by atoms with E-state index in [-0.39, 0.29) is 0 Å². The zero-order valence-electron chi connectivity index (χ0n) is 7.71. The first-order valence-electron chi connectivity index (χ1n) is 4.71. The smallest absolute Gasteiger partial charge is 0.0797 e. The number of hydrogen-bond acceptors (Lipinski definition) is 2. The number of rotatable bonds is 1. The molecule has 1 aliphatic carbocycles. The van der Waals surface area contributed by atoms with E-state index in [1.165, 1.54) is 25.0 Å². The summed E-state index contributed by atoms with van der Waals surface area (Å²) >= 11 is 1.85. The van der Waals surface area contributed by atoms with Crippen molar-refractivity contribution in [3.05, 3.63) is 16.1 Å². The first-order valence-corrected chi connectivity index (χ1v) is 5.59. The molecule has 2 rings (SSSR count). The number of aromatic nitrogens is 1. The summed E-state index contributed by atoms with van der Waals surface area (Å²) in [5.74, 6) is 1.57. The lowest BCUT2D eigenvalue weighted by Gasteiger charge is -2.24. The minimum absolute atomic E-state index is 0.782. The predicted octanol–water partition coefficient (Wildman–Crippen LogP) is 3.22. The van der Waals surface area contributed by atoms with Gasteiger partial charge in [-0.2, -0.15) is 0 Å². The summed E-state index contributed by atoms with van der Waals surface area (Å²) in [6.45, 7) is 4.64. The highest BCUT2D eigenvalue weighted by atomic mass is 32.1. The van der Waals surface area contributed by atoms with Crippen molar-refractivity contribution in [3.8, 4) is 0 Å². The summed E-state index contributed by atoms with van der Waals surface area (Å²) in [5.41, 5.74) is 3.38. The van der Waals surface area contributed by atoms with E-state index in [1.54, 1.807) is 4.88 Å². The van der Waals surface area contributed by atoms with Gasteiger partial charge in [-0.15, -0.1) is 11.3 Å². The van der Waals surface area contributed by atoms with Crippen LogP contribution in [0.5, 0.6) is 0 Å². The molecule has 0 aromatic carbocycles. The van der Waals surface area contributed by atoms with Gasteiger partial charge in [0.2, 0.25) is 0 Å². The summed E-state index contributed by atoms with van der Waals surface area (Å²) in [6, 6.07) is 0. The van der Waals surface area contributed by atoms with Crippen molar-refractivity contribution in [2.75, 3.05) is 0 Å². The predicted molar refractivity (Wildman–Crippen MR) is 52.6 cm³/mol. The van der Waals surface area contributed by atoms with Crippen LogP contribution < -0.4 is 0 Å². The molecule has 1 heterocycles. The van der Waals surface area contributed by atoms with Gasteiger partial charge in [-0.25, -0.2) is 4.98 Å². The van der Waals surface area contributed by atoms with Crippen molar-refractivity contribution in [2.45, 2.75) is 39.0 Å². The van der Waals surface area contributed by atoms with Crippen LogP contribution in [0.1, 0.15) is 43.2 Å². The molecule has 1 aromatic rings. The van der Waals surface area contributed by atoms with Crippen LogP contribution in [-0.2, 0) is 6.42 Å². The van der Waals surface area contributed by atoms with E-state index in [9.17, 15) is 0 Å². The van der Waals surface area contributed by atoms with Crippen LogP contribution in [0, 0.1) is 5.92 Å². The van der Waals surface area contributed by atoms with E-state index in [0.29, 0.717) is 0 Å². The second-order valence-corrected chi connectivity index (χ2v) is 4.79. The van der Waals surface area contributed by atoms with Crippen LogP contribution in [0.15, 0.2) is 5.51 Å². The maximum Gasteiger partial charge on any atom is 0.0797 e. The van der Waals surface area contributed by atoms with Crippen LogP contribution in [0.25, 0.3) is 0 Å².